The quantitative estimate of drug-likeness (QED) is 0.807. The van der Waals surface area contributed by atoms with Crippen LogP contribution in [0.5, 0.6) is 0 Å². The number of likely N-dealkylation sites (tertiary alicyclic amines) is 1. The van der Waals surface area contributed by atoms with Gasteiger partial charge in [0.15, 0.2) is 0 Å². The summed E-state index contributed by atoms with van der Waals surface area (Å²) in [6, 6.07) is 10.1. The Hall–Kier alpha value is -2.17. The molecule has 1 aromatic carbocycles. The number of imide groups is 1. The summed E-state index contributed by atoms with van der Waals surface area (Å²) in [5.74, 6) is -0.932. The molecule has 2 fully saturated rings. The number of aryl methyl sites for hydroxylation is 1. The lowest BCUT2D eigenvalue weighted by molar-refractivity contribution is -0.143. The van der Waals surface area contributed by atoms with Crippen LogP contribution in [0.2, 0.25) is 0 Å². The van der Waals surface area contributed by atoms with E-state index in [1.54, 1.807) is 0 Å². The zero-order valence-electron chi connectivity index (χ0n) is 14.7. The number of nitrogens with one attached hydrogen (secondary N) is 1. The van der Waals surface area contributed by atoms with E-state index in [1.807, 2.05) is 25.1 Å². The number of hydrogen-bond acceptors (Lipinski definition) is 3. The SMILES string of the molecule is C[C@H](CCc1ccccc1)NC(=O)CN1C(=O)[C@@H]2CCCC[C@H]2C1=O. The van der Waals surface area contributed by atoms with Crippen molar-refractivity contribution >= 4 is 17.7 Å². The summed E-state index contributed by atoms with van der Waals surface area (Å²) in [6.07, 6.45) is 5.26. The fourth-order valence-corrected chi connectivity index (χ4v) is 3.95. The lowest BCUT2D eigenvalue weighted by Gasteiger charge is -2.19. The van der Waals surface area contributed by atoms with Crippen LogP contribution in [-0.4, -0.2) is 35.2 Å². The van der Waals surface area contributed by atoms with E-state index >= 15 is 0 Å². The second-order valence-corrected chi connectivity index (χ2v) is 7.25. The molecule has 0 aromatic heterocycles. The van der Waals surface area contributed by atoms with Gasteiger partial charge in [0.25, 0.3) is 0 Å². The first kappa shape index (κ1) is 17.6. The van der Waals surface area contributed by atoms with Crippen molar-refractivity contribution in [3.8, 4) is 0 Å². The molecule has 1 N–H and O–H groups in total. The number of rotatable bonds is 6. The van der Waals surface area contributed by atoms with Gasteiger partial charge in [0.2, 0.25) is 17.7 Å². The van der Waals surface area contributed by atoms with Gasteiger partial charge in [0, 0.05) is 6.04 Å². The number of benzene rings is 1. The van der Waals surface area contributed by atoms with Crippen LogP contribution >= 0.6 is 0 Å². The van der Waals surface area contributed by atoms with E-state index in [4.69, 9.17) is 0 Å². The minimum atomic E-state index is -0.249. The highest BCUT2D eigenvalue weighted by Crippen LogP contribution is 2.37. The van der Waals surface area contributed by atoms with Gasteiger partial charge in [-0.05, 0) is 38.2 Å². The fourth-order valence-electron chi connectivity index (χ4n) is 3.95. The van der Waals surface area contributed by atoms with E-state index in [-0.39, 0.29) is 42.1 Å². The summed E-state index contributed by atoms with van der Waals surface area (Å²) in [6.45, 7) is 1.81. The van der Waals surface area contributed by atoms with Crippen LogP contribution in [0.4, 0.5) is 0 Å². The maximum Gasteiger partial charge on any atom is 0.240 e. The minimum absolute atomic E-state index is 0.00258. The molecular formula is C20H26N2O3. The van der Waals surface area contributed by atoms with Gasteiger partial charge in [-0.25, -0.2) is 0 Å². The molecule has 3 atom stereocenters. The Morgan fingerprint density at radius 2 is 1.72 bits per heavy atom. The summed E-state index contributed by atoms with van der Waals surface area (Å²) in [5.41, 5.74) is 1.23. The highest BCUT2D eigenvalue weighted by atomic mass is 16.2. The van der Waals surface area contributed by atoms with E-state index in [0.717, 1.165) is 38.5 Å². The van der Waals surface area contributed by atoms with E-state index in [0.29, 0.717) is 0 Å². The molecule has 1 saturated carbocycles. The lowest BCUT2D eigenvalue weighted by Crippen LogP contribution is -2.43. The van der Waals surface area contributed by atoms with Crippen LogP contribution in [-0.2, 0) is 20.8 Å². The van der Waals surface area contributed by atoms with Gasteiger partial charge in [-0.2, -0.15) is 0 Å². The smallest absolute Gasteiger partial charge is 0.240 e. The average molecular weight is 342 g/mol. The van der Waals surface area contributed by atoms with Gasteiger partial charge in [-0.15, -0.1) is 0 Å². The monoisotopic (exact) mass is 342 g/mol. The minimum Gasteiger partial charge on any atom is -0.352 e. The third-order valence-corrected chi connectivity index (χ3v) is 5.35. The Kier molecular flexibility index (Phi) is 5.51. The van der Waals surface area contributed by atoms with Gasteiger partial charge in [-0.3, -0.25) is 19.3 Å². The van der Waals surface area contributed by atoms with Crippen molar-refractivity contribution in [2.45, 2.75) is 51.5 Å². The largest absolute Gasteiger partial charge is 0.352 e. The molecule has 0 spiro atoms. The molecule has 1 heterocycles. The van der Waals surface area contributed by atoms with Crippen molar-refractivity contribution in [2.24, 2.45) is 11.8 Å². The second kappa shape index (κ2) is 7.81. The standard InChI is InChI=1S/C20H26N2O3/c1-14(11-12-15-7-3-2-4-8-15)21-18(23)13-22-19(24)16-9-5-6-10-17(16)20(22)25/h2-4,7-8,14,16-17H,5-6,9-13H2,1H3,(H,21,23)/t14-,16-,17-/m1/s1. The molecule has 0 bridgehead atoms. The van der Waals surface area contributed by atoms with Crippen molar-refractivity contribution in [3.63, 3.8) is 0 Å². The molecule has 25 heavy (non-hydrogen) atoms. The second-order valence-electron chi connectivity index (χ2n) is 7.25. The van der Waals surface area contributed by atoms with Crippen molar-refractivity contribution in [1.29, 1.82) is 0 Å². The Morgan fingerprint density at radius 3 is 2.32 bits per heavy atom. The van der Waals surface area contributed by atoms with Crippen molar-refractivity contribution < 1.29 is 14.4 Å². The first-order chi connectivity index (χ1) is 12.1. The number of fused-ring (bicyclic) bond motifs is 1. The fraction of sp³-hybridized carbons (Fsp3) is 0.550. The van der Waals surface area contributed by atoms with Crippen LogP contribution in [0.15, 0.2) is 30.3 Å². The van der Waals surface area contributed by atoms with Gasteiger partial charge in [0.1, 0.15) is 6.54 Å². The Bertz CT molecular complexity index is 620. The number of nitrogens with zero attached hydrogens (tertiary/aromatic N) is 1. The predicted molar refractivity (Wildman–Crippen MR) is 94.5 cm³/mol. The molecule has 5 nitrogen and oxygen atoms in total. The highest BCUT2D eigenvalue weighted by molar-refractivity contribution is 6.07. The van der Waals surface area contributed by atoms with E-state index < -0.39 is 0 Å². The van der Waals surface area contributed by atoms with Gasteiger partial charge in [0.05, 0.1) is 11.8 Å². The zero-order chi connectivity index (χ0) is 17.8. The Balaban J connectivity index is 1.48. The van der Waals surface area contributed by atoms with Gasteiger partial charge < -0.3 is 5.32 Å². The van der Waals surface area contributed by atoms with Crippen molar-refractivity contribution in [1.82, 2.24) is 10.2 Å². The summed E-state index contributed by atoms with van der Waals surface area (Å²) >= 11 is 0. The van der Waals surface area contributed by atoms with Crippen molar-refractivity contribution in [3.05, 3.63) is 35.9 Å². The van der Waals surface area contributed by atoms with E-state index in [9.17, 15) is 14.4 Å². The third-order valence-electron chi connectivity index (χ3n) is 5.35. The molecule has 3 rings (SSSR count). The lowest BCUT2D eigenvalue weighted by atomic mass is 9.81. The Morgan fingerprint density at radius 1 is 1.12 bits per heavy atom. The Labute approximate surface area is 148 Å². The number of amides is 3. The maximum atomic E-state index is 12.4. The number of carbonyl (C=O) groups excluding carboxylic acids is 3. The van der Waals surface area contributed by atoms with Crippen LogP contribution in [0.1, 0.15) is 44.6 Å². The van der Waals surface area contributed by atoms with E-state index in [1.165, 1.54) is 10.5 Å². The molecule has 3 amide bonds. The first-order valence-corrected chi connectivity index (χ1v) is 9.25. The van der Waals surface area contributed by atoms with Crippen LogP contribution < -0.4 is 5.32 Å². The molecule has 0 unspecified atom stereocenters. The zero-order valence-corrected chi connectivity index (χ0v) is 14.7. The summed E-state index contributed by atoms with van der Waals surface area (Å²) in [4.78, 5) is 38.3. The molecule has 1 aliphatic heterocycles. The van der Waals surface area contributed by atoms with Crippen LogP contribution in [0.25, 0.3) is 0 Å². The van der Waals surface area contributed by atoms with Gasteiger partial charge in [-0.1, -0.05) is 43.2 Å². The van der Waals surface area contributed by atoms with Gasteiger partial charge >= 0.3 is 0 Å². The summed E-state index contributed by atoms with van der Waals surface area (Å²) in [7, 11) is 0. The summed E-state index contributed by atoms with van der Waals surface area (Å²) < 4.78 is 0. The van der Waals surface area contributed by atoms with Crippen LogP contribution in [0, 0.1) is 11.8 Å². The molecule has 5 heteroatoms. The molecule has 0 radical (unpaired) electrons. The molecule has 2 aliphatic rings. The van der Waals surface area contributed by atoms with E-state index in [2.05, 4.69) is 17.4 Å². The predicted octanol–water partition coefficient (Wildman–Crippen LogP) is 2.30. The topological polar surface area (TPSA) is 66.5 Å². The maximum absolute atomic E-state index is 12.4. The molecule has 1 saturated heterocycles. The third kappa shape index (κ3) is 4.09. The average Bonchev–Trinajstić information content (AvgIpc) is 2.86. The summed E-state index contributed by atoms with van der Waals surface area (Å²) in [5, 5.41) is 2.91. The molecule has 1 aromatic rings. The first-order valence-electron chi connectivity index (χ1n) is 9.25. The highest BCUT2D eigenvalue weighted by Gasteiger charge is 2.48. The normalized spacial score (nSPS) is 24.1. The molecular weight excluding hydrogens is 316 g/mol. The van der Waals surface area contributed by atoms with Crippen molar-refractivity contribution in [2.75, 3.05) is 6.54 Å². The molecule has 1 aliphatic carbocycles. The number of carbonyl (C=O) groups is 3. The molecule has 134 valence electrons. The number of hydrogen-bond donors (Lipinski definition) is 1. The van der Waals surface area contributed by atoms with Crippen LogP contribution in [0.3, 0.4) is 0 Å².